The Hall–Kier alpha value is -2.45. The molecule has 0 saturated carbocycles. The summed E-state index contributed by atoms with van der Waals surface area (Å²) in [5.74, 6) is -0.0603. The van der Waals surface area contributed by atoms with E-state index in [0.29, 0.717) is 29.6 Å². The van der Waals surface area contributed by atoms with Crippen molar-refractivity contribution in [2.45, 2.75) is 25.5 Å². The number of benzene rings is 1. The lowest BCUT2D eigenvalue weighted by Crippen LogP contribution is -2.08. The highest BCUT2D eigenvalue weighted by Crippen LogP contribution is 2.24. The highest BCUT2D eigenvalue weighted by Gasteiger charge is 2.18. The first kappa shape index (κ1) is 19.3. The summed E-state index contributed by atoms with van der Waals surface area (Å²) in [6.45, 7) is 4.96. The largest absolute Gasteiger partial charge is 0.383 e. The van der Waals surface area contributed by atoms with Crippen molar-refractivity contribution in [3.8, 4) is 5.69 Å². The van der Waals surface area contributed by atoms with Gasteiger partial charge in [0.1, 0.15) is 12.1 Å². The first-order chi connectivity index (χ1) is 13.0. The summed E-state index contributed by atoms with van der Waals surface area (Å²) in [6.07, 6.45) is 1.63. The van der Waals surface area contributed by atoms with Crippen LogP contribution in [0.5, 0.6) is 0 Å². The van der Waals surface area contributed by atoms with Gasteiger partial charge in [-0.25, -0.2) is 4.39 Å². The van der Waals surface area contributed by atoms with Crippen molar-refractivity contribution < 1.29 is 13.9 Å². The molecule has 0 amide bonds. The topological polar surface area (TPSA) is 61.9 Å². The van der Waals surface area contributed by atoms with Crippen LogP contribution in [0.15, 0.2) is 41.8 Å². The molecule has 0 saturated heterocycles. The number of ether oxygens (including phenoxy) is 1. The molecule has 6 nitrogen and oxygen atoms in total. The fourth-order valence-corrected chi connectivity index (χ4v) is 3.79. The minimum atomic E-state index is -0.307. The third-order valence-corrected chi connectivity index (χ3v) is 5.23. The standard InChI is InChI=1S/C19H21FN4O2S/c1-13-9-17(14(2)24(13)16-6-4-5-15(20)10-16)18(25)11-27-19-22-21-12-23(19)7-8-26-3/h4-6,9-10,12H,7-8,11H2,1-3H3. The third-order valence-electron chi connectivity index (χ3n) is 4.25. The molecule has 0 N–H and O–H groups in total. The van der Waals surface area contributed by atoms with E-state index in [2.05, 4.69) is 10.2 Å². The molecule has 2 heterocycles. The molecule has 0 fully saturated rings. The van der Waals surface area contributed by atoms with Crippen molar-refractivity contribution in [2.24, 2.45) is 0 Å². The maximum absolute atomic E-state index is 13.6. The van der Waals surface area contributed by atoms with Crippen LogP contribution in [-0.4, -0.2) is 44.6 Å². The molecule has 0 bridgehead atoms. The summed E-state index contributed by atoms with van der Waals surface area (Å²) in [7, 11) is 1.63. The molecule has 0 unspecified atom stereocenters. The molecule has 0 atom stereocenters. The number of rotatable bonds is 8. The summed E-state index contributed by atoms with van der Waals surface area (Å²) >= 11 is 1.34. The number of aromatic nitrogens is 4. The molecule has 27 heavy (non-hydrogen) atoms. The maximum atomic E-state index is 13.6. The molecule has 8 heteroatoms. The predicted octanol–water partition coefficient (Wildman–Crippen LogP) is 3.45. The van der Waals surface area contributed by atoms with Gasteiger partial charge in [0.25, 0.3) is 0 Å². The molecule has 142 valence electrons. The lowest BCUT2D eigenvalue weighted by atomic mass is 10.2. The zero-order chi connectivity index (χ0) is 19.4. The molecule has 3 aromatic rings. The number of Topliss-reactive ketones (excluding diaryl/α,β-unsaturated/α-hetero) is 1. The number of methoxy groups -OCH3 is 1. The van der Waals surface area contributed by atoms with Gasteiger partial charge in [-0.15, -0.1) is 10.2 Å². The number of carbonyl (C=O) groups is 1. The van der Waals surface area contributed by atoms with E-state index < -0.39 is 0 Å². The van der Waals surface area contributed by atoms with Crippen molar-refractivity contribution in [1.82, 2.24) is 19.3 Å². The predicted molar refractivity (Wildman–Crippen MR) is 102 cm³/mol. The molecular weight excluding hydrogens is 367 g/mol. The van der Waals surface area contributed by atoms with E-state index in [0.717, 1.165) is 11.4 Å². The second-order valence-corrected chi connectivity index (χ2v) is 7.05. The summed E-state index contributed by atoms with van der Waals surface area (Å²) in [5.41, 5.74) is 3.02. The minimum Gasteiger partial charge on any atom is -0.383 e. The first-order valence-electron chi connectivity index (χ1n) is 8.49. The van der Waals surface area contributed by atoms with Crippen LogP contribution in [0.1, 0.15) is 21.7 Å². The summed E-state index contributed by atoms with van der Waals surface area (Å²) in [4.78, 5) is 12.8. The zero-order valence-electron chi connectivity index (χ0n) is 15.5. The Morgan fingerprint density at radius 2 is 2.11 bits per heavy atom. The van der Waals surface area contributed by atoms with Gasteiger partial charge in [-0.2, -0.15) is 0 Å². The molecule has 1 aromatic carbocycles. The lowest BCUT2D eigenvalue weighted by Gasteiger charge is -2.10. The van der Waals surface area contributed by atoms with Crippen LogP contribution in [0.25, 0.3) is 5.69 Å². The second kappa shape index (κ2) is 8.49. The number of hydrogen-bond donors (Lipinski definition) is 0. The number of ketones is 1. The van der Waals surface area contributed by atoms with Gasteiger partial charge < -0.3 is 13.9 Å². The van der Waals surface area contributed by atoms with E-state index in [9.17, 15) is 9.18 Å². The fraction of sp³-hybridized carbons (Fsp3) is 0.316. The molecule has 3 rings (SSSR count). The third kappa shape index (κ3) is 4.28. The Bertz CT molecular complexity index is 951. The van der Waals surface area contributed by atoms with Crippen molar-refractivity contribution in [3.63, 3.8) is 0 Å². The maximum Gasteiger partial charge on any atom is 0.191 e. The smallest absolute Gasteiger partial charge is 0.191 e. The normalized spacial score (nSPS) is 11.1. The molecule has 2 aromatic heterocycles. The van der Waals surface area contributed by atoms with Crippen LogP contribution in [-0.2, 0) is 11.3 Å². The number of aryl methyl sites for hydroxylation is 1. The summed E-state index contributed by atoms with van der Waals surface area (Å²) in [6, 6.07) is 8.19. The highest BCUT2D eigenvalue weighted by atomic mass is 32.2. The van der Waals surface area contributed by atoms with Crippen LogP contribution < -0.4 is 0 Å². The number of halogens is 1. The van der Waals surface area contributed by atoms with Crippen LogP contribution >= 0.6 is 11.8 Å². The quantitative estimate of drug-likeness (QED) is 0.437. The Kier molecular flexibility index (Phi) is 6.08. The van der Waals surface area contributed by atoms with E-state index in [-0.39, 0.29) is 17.4 Å². The van der Waals surface area contributed by atoms with Gasteiger partial charge in [0.15, 0.2) is 10.9 Å². The fourth-order valence-electron chi connectivity index (χ4n) is 2.96. The first-order valence-corrected chi connectivity index (χ1v) is 9.47. The van der Waals surface area contributed by atoms with Crippen LogP contribution in [0.3, 0.4) is 0 Å². The summed E-state index contributed by atoms with van der Waals surface area (Å²) in [5, 5.41) is 8.63. The second-order valence-electron chi connectivity index (χ2n) is 6.11. The Balaban J connectivity index is 1.76. The number of thioether (sulfide) groups is 1. The molecule has 0 aliphatic heterocycles. The van der Waals surface area contributed by atoms with Crippen LogP contribution in [0.4, 0.5) is 4.39 Å². The van der Waals surface area contributed by atoms with E-state index in [1.54, 1.807) is 19.5 Å². The zero-order valence-corrected chi connectivity index (χ0v) is 16.3. The van der Waals surface area contributed by atoms with E-state index >= 15 is 0 Å². The summed E-state index contributed by atoms with van der Waals surface area (Å²) < 4.78 is 22.4. The highest BCUT2D eigenvalue weighted by molar-refractivity contribution is 7.99. The Labute approximate surface area is 161 Å². The Morgan fingerprint density at radius 3 is 2.85 bits per heavy atom. The number of nitrogens with zero attached hydrogens (tertiary/aromatic N) is 4. The van der Waals surface area contributed by atoms with Crippen LogP contribution in [0, 0.1) is 19.7 Å². The Morgan fingerprint density at radius 1 is 1.30 bits per heavy atom. The molecule has 0 aliphatic rings. The van der Waals surface area contributed by atoms with Crippen molar-refractivity contribution in [2.75, 3.05) is 19.5 Å². The molecule has 0 spiro atoms. The lowest BCUT2D eigenvalue weighted by molar-refractivity contribution is 0.102. The molecular formula is C19H21FN4O2S. The van der Waals surface area contributed by atoms with E-state index in [1.165, 1.54) is 23.9 Å². The van der Waals surface area contributed by atoms with Gasteiger partial charge in [0, 0.05) is 36.3 Å². The van der Waals surface area contributed by atoms with Gasteiger partial charge in [-0.05, 0) is 38.1 Å². The van der Waals surface area contributed by atoms with Gasteiger partial charge in [-0.1, -0.05) is 17.8 Å². The van der Waals surface area contributed by atoms with Crippen molar-refractivity contribution in [3.05, 3.63) is 59.4 Å². The number of carbonyl (C=O) groups excluding carboxylic acids is 1. The van der Waals surface area contributed by atoms with E-state index in [1.807, 2.05) is 35.1 Å². The van der Waals surface area contributed by atoms with Crippen LogP contribution in [0.2, 0.25) is 0 Å². The van der Waals surface area contributed by atoms with E-state index in [4.69, 9.17) is 4.74 Å². The van der Waals surface area contributed by atoms with Gasteiger partial charge in [-0.3, -0.25) is 4.79 Å². The van der Waals surface area contributed by atoms with Gasteiger partial charge >= 0.3 is 0 Å². The van der Waals surface area contributed by atoms with Gasteiger partial charge in [0.2, 0.25) is 0 Å². The SMILES string of the molecule is COCCn1cnnc1SCC(=O)c1cc(C)n(-c2cccc(F)c2)c1C. The molecule has 0 radical (unpaired) electrons. The van der Waals surface area contributed by atoms with Crippen molar-refractivity contribution in [1.29, 1.82) is 0 Å². The average molecular weight is 388 g/mol. The average Bonchev–Trinajstić information content (AvgIpc) is 3.21. The van der Waals surface area contributed by atoms with Crippen molar-refractivity contribution >= 4 is 17.5 Å². The minimum absolute atomic E-state index is 0.00274. The molecule has 0 aliphatic carbocycles. The van der Waals surface area contributed by atoms with Gasteiger partial charge in [0.05, 0.1) is 12.4 Å². The number of hydrogen-bond acceptors (Lipinski definition) is 5. The monoisotopic (exact) mass is 388 g/mol.